The normalized spacial score (nSPS) is 16.8. The third-order valence-electron chi connectivity index (χ3n) is 9.11. The topological polar surface area (TPSA) is 74.8 Å². The second kappa shape index (κ2) is 8.37. The molecule has 2 atom stereocenters. The van der Waals surface area contributed by atoms with Crippen LogP contribution in [0, 0.1) is 0 Å². The zero-order chi connectivity index (χ0) is 28.4. The number of nitrogens with zero attached hydrogens (tertiary/aromatic N) is 2. The van der Waals surface area contributed by atoms with E-state index < -0.39 is 0 Å². The summed E-state index contributed by atoms with van der Waals surface area (Å²) in [6, 6.07) is 10.8. The van der Waals surface area contributed by atoms with Gasteiger partial charge < -0.3 is 0 Å². The molecule has 0 radical (unpaired) electrons. The third kappa shape index (κ3) is 2.90. The van der Waals surface area contributed by atoms with Crippen LogP contribution in [0.3, 0.4) is 0 Å². The maximum absolute atomic E-state index is 13.7. The number of amides is 4. The molecule has 40 heavy (non-hydrogen) atoms. The molecule has 2 heterocycles. The van der Waals surface area contributed by atoms with Gasteiger partial charge in [0.15, 0.2) is 0 Å². The highest BCUT2D eigenvalue weighted by molar-refractivity contribution is 9.10. The van der Waals surface area contributed by atoms with E-state index in [1.165, 1.54) is 9.80 Å². The first-order valence-electron chi connectivity index (χ1n) is 13.8. The van der Waals surface area contributed by atoms with Gasteiger partial charge in [-0.1, -0.05) is 53.4 Å². The Balaban J connectivity index is 1.66. The molecule has 0 saturated heterocycles. The van der Waals surface area contributed by atoms with Gasteiger partial charge in [0.1, 0.15) is 7.85 Å². The fourth-order valence-corrected chi connectivity index (χ4v) is 7.46. The molecule has 7 rings (SSSR count). The van der Waals surface area contributed by atoms with Gasteiger partial charge in [-0.3, -0.25) is 29.0 Å². The minimum atomic E-state index is -0.287. The maximum atomic E-state index is 13.7. The van der Waals surface area contributed by atoms with Crippen molar-refractivity contribution in [3.05, 3.63) is 63.1 Å². The van der Waals surface area contributed by atoms with Gasteiger partial charge in [0.05, 0.1) is 0 Å². The van der Waals surface area contributed by atoms with Gasteiger partial charge in [-0.05, 0) is 66.4 Å². The van der Waals surface area contributed by atoms with Crippen molar-refractivity contribution in [2.24, 2.45) is 0 Å². The van der Waals surface area contributed by atoms with E-state index in [4.69, 9.17) is 0 Å². The standard InChI is InChI=1S/C32H26BBrN2O4/c1-5-13(3)35-29(37)17-10-8-16-26-22(34)12-20-24-18(30(38)36(32(20)40)14(4)6-2)9-7-15(28(24)26)25-21(33)11-19(31(35)39)23(17)27(16)25/h7-14H,5-6,33H2,1-4H3. The summed E-state index contributed by atoms with van der Waals surface area (Å²) in [4.78, 5) is 57.5. The quantitative estimate of drug-likeness (QED) is 0.119. The van der Waals surface area contributed by atoms with Crippen LogP contribution in [0.4, 0.5) is 0 Å². The Hall–Kier alpha value is -3.78. The molecule has 0 N–H and O–H groups in total. The van der Waals surface area contributed by atoms with Crippen LogP contribution in [0.5, 0.6) is 0 Å². The molecule has 5 aromatic rings. The van der Waals surface area contributed by atoms with E-state index in [2.05, 4.69) is 15.9 Å². The van der Waals surface area contributed by atoms with Gasteiger partial charge >= 0.3 is 0 Å². The second-order valence-electron chi connectivity index (χ2n) is 11.2. The number of rotatable bonds is 4. The lowest BCUT2D eigenvalue weighted by molar-refractivity contribution is 0.0532. The van der Waals surface area contributed by atoms with E-state index >= 15 is 0 Å². The summed E-state index contributed by atoms with van der Waals surface area (Å²) < 4.78 is 0.735. The number of benzene rings is 5. The Morgan fingerprint density at radius 1 is 0.625 bits per heavy atom. The average molecular weight is 593 g/mol. The van der Waals surface area contributed by atoms with Crippen LogP contribution < -0.4 is 5.46 Å². The van der Waals surface area contributed by atoms with E-state index in [0.717, 1.165) is 42.3 Å². The first-order chi connectivity index (χ1) is 19.1. The van der Waals surface area contributed by atoms with Crippen molar-refractivity contribution < 1.29 is 19.2 Å². The molecular formula is C32H26BBrN2O4. The number of halogens is 1. The lowest BCUT2D eigenvalue weighted by Crippen LogP contribution is -2.46. The third-order valence-corrected chi connectivity index (χ3v) is 9.74. The van der Waals surface area contributed by atoms with Crippen molar-refractivity contribution in [3.63, 3.8) is 0 Å². The van der Waals surface area contributed by atoms with Gasteiger partial charge in [-0.15, -0.1) is 0 Å². The van der Waals surface area contributed by atoms with Crippen molar-refractivity contribution in [2.45, 2.75) is 52.6 Å². The molecule has 4 amide bonds. The van der Waals surface area contributed by atoms with Crippen molar-refractivity contribution in [1.29, 1.82) is 0 Å². The first-order valence-corrected chi connectivity index (χ1v) is 14.6. The van der Waals surface area contributed by atoms with Crippen LogP contribution in [-0.2, 0) is 0 Å². The smallest absolute Gasteiger partial charge is 0.261 e. The average Bonchev–Trinajstić information content (AvgIpc) is 2.94. The molecule has 0 aliphatic carbocycles. The molecule has 2 unspecified atom stereocenters. The summed E-state index contributed by atoms with van der Waals surface area (Å²) >= 11 is 3.77. The number of imide groups is 2. The highest BCUT2D eigenvalue weighted by atomic mass is 79.9. The summed E-state index contributed by atoms with van der Waals surface area (Å²) in [6.07, 6.45) is 1.34. The Bertz CT molecular complexity index is 1890. The fourth-order valence-electron chi connectivity index (χ4n) is 6.82. The SMILES string of the molecule is Bc1cc2c3c(ccc4c5c(Br)cc6c7c(ccc(c1c34)c75)C(=O)N(C(C)CC)C6=O)C(=O)N(C(C)CC)C2=O. The van der Waals surface area contributed by atoms with Crippen LogP contribution >= 0.6 is 15.9 Å². The molecule has 0 aromatic heterocycles. The molecule has 198 valence electrons. The molecule has 0 fully saturated rings. The van der Waals surface area contributed by atoms with E-state index in [1.54, 1.807) is 0 Å². The van der Waals surface area contributed by atoms with Gasteiger partial charge in [0.25, 0.3) is 23.6 Å². The van der Waals surface area contributed by atoms with E-state index in [0.29, 0.717) is 45.9 Å². The van der Waals surface area contributed by atoms with Crippen LogP contribution in [0.1, 0.15) is 82.0 Å². The van der Waals surface area contributed by atoms with E-state index in [-0.39, 0.29) is 35.7 Å². The summed E-state index contributed by atoms with van der Waals surface area (Å²) in [6.45, 7) is 7.72. The number of hydrogen-bond acceptors (Lipinski definition) is 4. The number of fused-ring (bicyclic) bond motifs is 2. The highest BCUT2D eigenvalue weighted by Gasteiger charge is 2.39. The summed E-state index contributed by atoms with van der Waals surface area (Å²) in [5.41, 5.74) is 2.99. The number of carbonyl (C=O) groups excluding carboxylic acids is 4. The molecule has 0 saturated carbocycles. The second-order valence-corrected chi connectivity index (χ2v) is 12.0. The zero-order valence-electron chi connectivity index (χ0n) is 22.9. The van der Waals surface area contributed by atoms with Crippen molar-refractivity contribution in [1.82, 2.24) is 9.80 Å². The molecule has 6 nitrogen and oxygen atoms in total. The molecule has 0 bridgehead atoms. The summed E-state index contributed by atoms with van der Waals surface area (Å²) in [5, 5.41) is 6.63. The molecule has 2 aliphatic rings. The molecule has 2 aliphatic heterocycles. The maximum Gasteiger partial charge on any atom is 0.261 e. The van der Waals surface area contributed by atoms with Gasteiger partial charge in [-0.25, -0.2) is 0 Å². The Morgan fingerprint density at radius 3 is 1.55 bits per heavy atom. The van der Waals surface area contributed by atoms with Gasteiger partial charge in [-0.2, -0.15) is 0 Å². The number of hydrogen-bond donors (Lipinski definition) is 0. The summed E-state index contributed by atoms with van der Waals surface area (Å²) in [5.74, 6) is -1.11. The van der Waals surface area contributed by atoms with E-state index in [1.807, 2.05) is 71.9 Å². The Labute approximate surface area is 240 Å². The molecular weight excluding hydrogens is 567 g/mol. The minimum Gasteiger partial charge on any atom is -0.272 e. The minimum absolute atomic E-state index is 0.216. The lowest BCUT2D eigenvalue weighted by atomic mass is 9.77. The van der Waals surface area contributed by atoms with Gasteiger partial charge in [0.2, 0.25) is 0 Å². The predicted octanol–water partition coefficient (Wildman–Crippen LogP) is 5.55. The van der Waals surface area contributed by atoms with Crippen molar-refractivity contribution in [2.75, 3.05) is 0 Å². The van der Waals surface area contributed by atoms with E-state index in [9.17, 15) is 19.2 Å². The lowest BCUT2D eigenvalue weighted by Gasteiger charge is -2.34. The van der Waals surface area contributed by atoms with Crippen LogP contribution in [0.25, 0.3) is 43.1 Å². The van der Waals surface area contributed by atoms with Gasteiger partial charge in [0, 0.05) is 60.4 Å². The van der Waals surface area contributed by atoms with Crippen LogP contribution in [-0.4, -0.2) is 53.4 Å². The molecule has 8 heteroatoms. The van der Waals surface area contributed by atoms with Crippen molar-refractivity contribution in [3.8, 4) is 0 Å². The monoisotopic (exact) mass is 592 g/mol. The number of carbonyl (C=O) groups is 4. The van der Waals surface area contributed by atoms with Crippen LogP contribution in [0.15, 0.2) is 40.9 Å². The van der Waals surface area contributed by atoms with Crippen LogP contribution in [0.2, 0.25) is 0 Å². The highest BCUT2D eigenvalue weighted by Crippen LogP contribution is 2.48. The Kier molecular flexibility index (Phi) is 5.27. The largest absolute Gasteiger partial charge is 0.272 e. The fraction of sp³-hybridized carbons (Fsp3) is 0.250. The van der Waals surface area contributed by atoms with Crippen molar-refractivity contribution >= 4 is 96.0 Å². The predicted molar refractivity (Wildman–Crippen MR) is 164 cm³/mol. The molecule has 0 spiro atoms. The first kappa shape index (κ1) is 25.2. The molecule has 5 aromatic carbocycles. The summed E-state index contributed by atoms with van der Waals surface area (Å²) in [7, 11) is 1.98. The zero-order valence-corrected chi connectivity index (χ0v) is 24.5. The Morgan fingerprint density at radius 2 is 1.05 bits per heavy atom.